The highest BCUT2D eigenvalue weighted by atomic mass is 35.5. The molecule has 1 aromatic carbocycles. The van der Waals surface area contributed by atoms with Gasteiger partial charge in [-0.15, -0.1) is 5.10 Å². The summed E-state index contributed by atoms with van der Waals surface area (Å²) >= 11 is 6.13. The molecule has 3 rings (SSSR count). The molecule has 0 aliphatic carbocycles. The number of nitrogens with zero attached hydrogens (tertiary/aromatic N) is 4. The van der Waals surface area contributed by atoms with Crippen molar-refractivity contribution in [3.63, 3.8) is 0 Å². The molecule has 2 aromatic rings. The number of nitrogens with one attached hydrogen (secondary N) is 1. The first-order chi connectivity index (χ1) is 12.6. The van der Waals surface area contributed by atoms with E-state index < -0.39 is 0 Å². The summed E-state index contributed by atoms with van der Waals surface area (Å²) in [6.07, 6.45) is 3.45. The maximum absolute atomic E-state index is 14.0. The molecule has 1 aliphatic rings. The van der Waals surface area contributed by atoms with Gasteiger partial charge in [0.1, 0.15) is 5.82 Å². The highest BCUT2D eigenvalue weighted by molar-refractivity contribution is 6.31. The van der Waals surface area contributed by atoms with Gasteiger partial charge in [0.15, 0.2) is 5.69 Å². The van der Waals surface area contributed by atoms with Gasteiger partial charge in [-0.05, 0) is 31.5 Å². The lowest BCUT2D eigenvalue weighted by molar-refractivity contribution is 0.0939. The molecular formula is C17H21ClFN5O2. The van der Waals surface area contributed by atoms with E-state index in [-0.39, 0.29) is 36.6 Å². The lowest BCUT2D eigenvalue weighted by Gasteiger charge is -2.32. The molecule has 0 saturated carbocycles. The van der Waals surface area contributed by atoms with Crippen LogP contribution < -0.4 is 5.32 Å². The lowest BCUT2D eigenvalue weighted by Crippen LogP contribution is -2.36. The summed E-state index contributed by atoms with van der Waals surface area (Å²) in [4.78, 5) is 14.0. The molecule has 26 heavy (non-hydrogen) atoms. The fourth-order valence-corrected chi connectivity index (χ4v) is 3.34. The van der Waals surface area contributed by atoms with Gasteiger partial charge in [-0.1, -0.05) is 22.9 Å². The quantitative estimate of drug-likeness (QED) is 0.794. The Morgan fingerprint density at radius 3 is 3.08 bits per heavy atom. The molecular weight excluding hydrogens is 361 g/mol. The number of aromatic nitrogens is 3. The Bertz CT molecular complexity index is 749. The zero-order valence-corrected chi connectivity index (χ0v) is 15.0. The van der Waals surface area contributed by atoms with Crippen LogP contribution >= 0.6 is 11.6 Å². The zero-order chi connectivity index (χ0) is 18.5. The fourth-order valence-electron chi connectivity index (χ4n) is 3.12. The molecule has 0 radical (unpaired) electrons. The number of amides is 1. The van der Waals surface area contributed by atoms with Crippen molar-refractivity contribution >= 4 is 17.5 Å². The van der Waals surface area contributed by atoms with Crippen LogP contribution in [-0.2, 0) is 6.54 Å². The summed E-state index contributed by atoms with van der Waals surface area (Å²) in [6, 6.07) is 4.76. The minimum absolute atomic E-state index is 0.0567. The first-order valence-corrected chi connectivity index (χ1v) is 8.92. The molecule has 140 valence electrons. The number of carbonyl (C=O) groups is 1. The van der Waals surface area contributed by atoms with Crippen molar-refractivity contribution in [2.45, 2.75) is 25.4 Å². The van der Waals surface area contributed by atoms with E-state index in [1.54, 1.807) is 23.0 Å². The van der Waals surface area contributed by atoms with Gasteiger partial charge in [0.2, 0.25) is 0 Å². The third kappa shape index (κ3) is 4.38. The van der Waals surface area contributed by atoms with Crippen molar-refractivity contribution in [2.75, 3.05) is 26.2 Å². The van der Waals surface area contributed by atoms with Crippen molar-refractivity contribution in [1.29, 1.82) is 0 Å². The molecule has 0 spiro atoms. The van der Waals surface area contributed by atoms with Crippen molar-refractivity contribution in [1.82, 2.24) is 25.2 Å². The molecule has 1 saturated heterocycles. The Labute approximate surface area is 155 Å². The average molecular weight is 382 g/mol. The Hall–Kier alpha value is -2.03. The number of rotatable bonds is 6. The van der Waals surface area contributed by atoms with Crippen LogP contribution in [0, 0.1) is 5.82 Å². The van der Waals surface area contributed by atoms with Crippen LogP contribution in [0.1, 0.15) is 34.9 Å². The number of carbonyl (C=O) groups excluding carboxylic acids is 1. The summed E-state index contributed by atoms with van der Waals surface area (Å²) in [6.45, 7) is 1.99. The third-order valence-electron chi connectivity index (χ3n) is 4.44. The van der Waals surface area contributed by atoms with E-state index in [1.165, 1.54) is 6.07 Å². The maximum Gasteiger partial charge on any atom is 0.273 e. The van der Waals surface area contributed by atoms with Crippen LogP contribution in [0.2, 0.25) is 5.02 Å². The molecule has 1 atom stereocenters. The van der Waals surface area contributed by atoms with Crippen LogP contribution in [0.15, 0.2) is 24.4 Å². The molecule has 1 aromatic heterocycles. The third-order valence-corrected chi connectivity index (χ3v) is 4.79. The van der Waals surface area contributed by atoms with E-state index in [2.05, 4.69) is 20.5 Å². The van der Waals surface area contributed by atoms with Gasteiger partial charge < -0.3 is 10.4 Å². The van der Waals surface area contributed by atoms with Gasteiger partial charge in [0, 0.05) is 30.2 Å². The van der Waals surface area contributed by atoms with E-state index in [0.29, 0.717) is 23.7 Å². The Morgan fingerprint density at radius 1 is 1.46 bits per heavy atom. The number of benzene rings is 1. The number of aliphatic hydroxyl groups is 1. The topological polar surface area (TPSA) is 83.3 Å². The molecule has 1 unspecified atom stereocenters. The molecule has 2 heterocycles. The number of halogens is 2. The van der Waals surface area contributed by atoms with Gasteiger partial charge >= 0.3 is 0 Å². The summed E-state index contributed by atoms with van der Waals surface area (Å²) in [5.74, 6) is -0.667. The van der Waals surface area contributed by atoms with E-state index in [0.717, 1.165) is 19.4 Å². The number of likely N-dealkylation sites (tertiary alicyclic amines) is 1. The average Bonchev–Trinajstić information content (AvgIpc) is 3.13. The van der Waals surface area contributed by atoms with Crippen molar-refractivity contribution in [2.24, 2.45) is 0 Å². The Morgan fingerprint density at radius 2 is 2.31 bits per heavy atom. The van der Waals surface area contributed by atoms with Crippen LogP contribution in [0.3, 0.4) is 0 Å². The summed E-state index contributed by atoms with van der Waals surface area (Å²) in [5, 5.41) is 19.7. The first-order valence-electron chi connectivity index (χ1n) is 8.54. The predicted octanol–water partition coefficient (Wildman–Crippen LogP) is 1.63. The van der Waals surface area contributed by atoms with Gasteiger partial charge in [-0.3, -0.25) is 9.69 Å². The van der Waals surface area contributed by atoms with Gasteiger partial charge in [0.25, 0.3) is 5.91 Å². The largest absolute Gasteiger partial charge is 0.395 e. The zero-order valence-electron chi connectivity index (χ0n) is 14.2. The highest BCUT2D eigenvalue weighted by Gasteiger charge is 2.24. The van der Waals surface area contributed by atoms with Crippen LogP contribution in [0.4, 0.5) is 4.39 Å². The SMILES string of the molecule is O=C(NCCO)c1cn(C2CCCN(Cc3c(F)cccc3Cl)C2)nn1. The highest BCUT2D eigenvalue weighted by Crippen LogP contribution is 2.26. The predicted molar refractivity (Wildman–Crippen MR) is 94.4 cm³/mol. The first kappa shape index (κ1) is 18.8. The van der Waals surface area contributed by atoms with Gasteiger partial charge in [0.05, 0.1) is 18.8 Å². The van der Waals surface area contributed by atoms with E-state index in [9.17, 15) is 9.18 Å². The molecule has 9 heteroatoms. The van der Waals surface area contributed by atoms with Crippen LogP contribution in [0.5, 0.6) is 0 Å². The number of aliphatic hydroxyl groups excluding tert-OH is 1. The number of hydrogen-bond acceptors (Lipinski definition) is 5. The Kier molecular flexibility index (Phi) is 6.18. The second kappa shape index (κ2) is 8.57. The summed E-state index contributed by atoms with van der Waals surface area (Å²) in [7, 11) is 0. The van der Waals surface area contributed by atoms with E-state index in [4.69, 9.17) is 16.7 Å². The lowest BCUT2D eigenvalue weighted by atomic mass is 10.0. The summed E-state index contributed by atoms with van der Waals surface area (Å²) < 4.78 is 15.7. The van der Waals surface area contributed by atoms with Crippen LogP contribution in [0.25, 0.3) is 0 Å². The molecule has 1 amide bonds. The minimum atomic E-state index is -0.365. The smallest absolute Gasteiger partial charge is 0.273 e. The summed E-state index contributed by atoms with van der Waals surface area (Å²) in [5.41, 5.74) is 0.713. The number of piperidine rings is 1. The molecule has 1 aliphatic heterocycles. The monoisotopic (exact) mass is 381 g/mol. The Balaban J connectivity index is 1.65. The fraction of sp³-hybridized carbons (Fsp3) is 0.471. The maximum atomic E-state index is 14.0. The van der Waals surface area contributed by atoms with Gasteiger partial charge in [-0.2, -0.15) is 0 Å². The molecule has 0 bridgehead atoms. The van der Waals surface area contributed by atoms with E-state index in [1.807, 2.05) is 0 Å². The van der Waals surface area contributed by atoms with E-state index >= 15 is 0 Å². The van der Waals surface area contributed by atoms with Crippen LogP contribution in [-0.4, -0.2) is 57.1 Å². The minimum Gasteiger partial charge on any atom is -0.395 e. The normalized spacial score (nSPS) is 18.0. The molecule has 7 nitrogen and oxygen atoms in total. The second-order valence-electron chi connectivity index (χ2n) is 6.29. The van der Waals surface area contributed by atoms with Gasteiger partial charge in [-0.25, -0.2) is 9.07 Å². The van der Waals surface area contributed by atoms with Crippen molar-refractivity contribution in [3.8, 4) is 0 Å². The molecule has 1 fully saturated rings. The molecule has 2 N–H and O–H groups in total. The second-order valence-corrected chi connectivity index (χ2v) is 6.70. The number of hydrogen-bond donors (Lipinski definition) is 2. The van der Waals surface area contributed by atoms with Crippen molar-refractivity contribution < 1.29 is 14.3 Å². The van der Waals surface area contributed by atoms with Crippen molar-refractivity contribution in [3.05, 3.63) is 46.5 Å². The standard InChI is InChI=1S/C17H21ClFN5O2/c18-14-4-1-5-15(19)13(14)10-23-7-2-3-12(9-23)24-11-16(21-22-24)17(26)20-6-8-25/h1,4-5,11-12,25H,2-3,6-10H2,(H,20,26).